The summed E-state index contributed by atoms with van der Waals surface area (Å²) >= 11 is 0. The molecule has 0 heterocycles. The van der Waals surface area contributed by atoms with Gasteiger partial charge in [-0.3, -0.25) is 0 Å². The number of benzene rings is 1. The van der Waals surface area contributed by atoms with Crippen molar-refractivity contribution < 1.29 is 0 Å². The summed E-state index contributed by atoms with van der Waals surface area (Å²) in [6.45, 7) is 7.88. The van der Waals surface area contributed by atoms with E-state index >= 15 is 0 Å². The van der Waals surface area contributed by atoms with Crippen LogP contribution in [0.25, 0.3) is 0 Å². The third kappa shape index (κ3) is 5.28. The van der Waals surface area contributed by atoms with Gasteiger partial charge in [0.1, 0.15) is 0 Å². The van der Waals surface area contributed by atoms with E-state index in [0.29, 0.717) is 5.92 Å². The van der Waals surface area contributed by atoms with Crippen LogP contribution in [0.3, 0.4) is 0 Å². The lowest BCUT2D eigenvalue weighted by molar-refractivity contribution is 0.302. The van der Waals surface area contributed by atoms with Crippen LogP contribution in [0.2, 0.25) is 0 Å². The van der Waals surface area contributed by atoms with Crippen LogP contribution < -0.4 is 5.32 Å². The molecule has 1 atom stereocenters. The van der Waals surface area contributed by atoms with Crippen molar-refractivity contribution in [2.24, 2.45) is 5.92 Å². The van der Waals surface area contributed by atoms with Crippen LogP contribution in [0.15, 0.2) is 30.3 Å². The zero-order valence-electron chi connectivity index (χ0n) is 13.5. The molecular formula is C19H31N. The normalized spacial score (nSPS) is 18.9. The maximum atomic E-state index is 3.71. The molecular weight excluding hydrogens is 242 g/mol. The molecule has 1 N–H and O–H groups in total. The van der Waals surface area contributed by atoms with E-state index < -0.39 is 0 Å². The van der Waals surface area contributed by atoms with E-state index in [1.165, 1.54) is 44.1 Å². The van der Waals surface area contributed by atoms with E-state index in [-0.39, 0.29) is 5.54 Å². The Kier molecular flexibility index (Phi) is 5.65. The first kappa shape index (κ1) is 15.6. The predicted octanol–water partition coefficient (Wildman–Crippen LogP) is 5.13. The quantitative estimate of drug-likeness (QED) is 0.784. The monoisotopic (exact) mass is 273 g/mol. The molecule has 1 saturated carbocycles. The summed E-state index contributed by atoms with van der Waals surface area (Å²) in [5, 5.41) is 3.71. The van der Waals surface area contributed by atoms with Gasteiger partial charge in [0.05, 0.1) is 0 Å². The predicted molar refractivity (Wildman–Crippen MR) is 88.1 cm³/mol. The summed E-state index contributed by atoms with van der Waals surface area (Å²) in [5.41, 5.74) is 1.72. The van der Waals surface area contributed by atoms with E-state index in [1.54, 1.807) is 0 Å². The highest BCUT2D eigenvalue weighted by Gasteiger charge is 2.21. The summed E-state index contributed by atoms with van der Waals surface area (Å²) in [6, 6.07) is 11.1. The van der Waals surface area contributed by atoms with Gasteiger partial charge in [-0.15, -0.1) is 0 Å². The highest BCUT2D eigenvalue weighted by Crippen LogP contribution is 2.33. The smallest absolute Gasteiger partial charge is 0.00967 e. The Hall–Kier alpha value is -0.820. The largest absolute Gasteiger partial charge is 0.311 e. The highest BCUT2D eigenvalue weighted by atomic mass is 14.9. The number of rotatable bonds is 5. The second-order valence-electron chi connectivity index (χ2n) is 7.48. The molecule has 0 aromatic heterocycles. The molecule has 1 heteroatoms. The lowest BCUT2D eigenvalue weighted by atomic mass is 9.80. The standard InChI is InChI=1S/C19H31N/c1-19(2,3)20-15-18(17-12-8-5-9-13-17)14-16-10-6-4-7-11-16/h5,8-9,12-13,16,18,20H,4,6-7,10-11,14-15H2,1-3H3. The Balaban J connectivity index is 1.99. The number of nitrogens with one attached hydrogen (secondary N) is 1. The first-order chi connectivity index (χ1) is 9.54. The van der Waals surface area contributed by atoms with Gasteiger partial charge in [-0.1, -0.05) is 62.4 Å². The van der Waals surface area contributed by atoms with Crippen molar-refractivity contribution >= 4 is 0 Å². The highest BCUT2D eigenvalue weighted by molar-refractivity contribution is 5.20. The average molecular weight is 273 g/mol. The summed E-state index contributed by atoms with van der Waals surface area (Å²) in [5.74, 6) is 1.61. The second-order valence-corrected chi connectivity index (χ2v) is 7.48. The molecule has 1 aliphatic carbocycles. The average Bonchev–Trinajstić information content (AvgIpc) is 2.44. The van der Waals surface area contributed by atoms with Crippen molar-refractivity contribution in [3.63, 3.8) is 0 Å². The van der Waals surface area contributed by atoms with Gasteiger partial charge in [0.2, 0.25) is 0 Å². The summed E-state index contributed by atoms with van der Waals surface area (Å²) in [6.07, 6.45) is 8.58. The molecule has 1 aromatic carbocycles. The lowest BCUT2D eigenvalue weighted by Crippen LogP contribution is -2.39. The van der Waals surface area contributed by atoms with Crippen molar-refractivity contribution in [1.82, 2.24) is 5.32 Å². The van der Waals surface area contributed by atoms with Gasteiger partial charge in [-0.2, -0.15) is 0 Å². The van der Waals surface area contributed by atoms with Crippen LogP contribution in [-0.2, 0) is 0 Å². The van der Waals surface area contributed by atoms with Gasteiger partial charge in [0.15, 0.2) is 0 Å². The third-order valence-electron chi connectivity index (χ3n) is 4.49. The van der Waals surface area contributed by atoms with Crippen molar-refractivity contribution in [1.29, 1.82) is 0 Å². The zero-order chi connectivity index (χ0) is 14.4. The molecule has 1 fully saturated rings. The third-order valence-corrected chi connectivity index (χ3v) is 4.49. The van der Waals surface area contributed by atoms with E-state index in [2.05, 4.69) is 56.4 Å². The van der Waals surface area contributed by atoms with Crippen molar-refractivity contribution in [2.75, 3.05) is 6.54 Å². The van der Waals surface area contributed by atoms with Crippen LogP contribution in [0.4, 0.5) is 0 Å². The minimum absolute atomic E-state index is 0.208. The first-order valence-electron chi connectivity index (χ1n) is 8.34. The maximum absolute atomic E-state index is 3.71. The minimum atomic E-state index is 0.208. The van der Waals surface area contributed by atoms with Gasteiger partial charge in [-0.05, 0) is 44.6 Å². The van der Waals surface area contributed by atoms with E-state index in [9.17, 15) is 0 Å². The van der Waals surface area contributed by atoms with Crippen LogP contribution >= 0.6 is 0 Å². The molecule has 1 aromatic rings. The van der Waals surface area contributed by atoms with Gasteiger partial charge < -0.3 is 5.32 Å². The van der Waals surface area contributed by atoms with Crippen LogP contribution in [0.1, 0.15) is 70.8 Å². The molecule has 1 nitrogen and oxygen atoms in total. The molecule has 112 valence electrons. The fourth-order valence-electron chi connectivity index (χ4n) is 3.32. The van der Waals surface area contributed by atoms with Crippen LogP contribution in [0.5, 0.6) is 0 Å². The Morgan fingerprint density at radius 1 is 1.05 bits per heavy atom. The first-order valence-corrected chi connectivity index (χ1v) is 8.34. The Bertz CT molecular complexity index is 371. The SMILES string of the molecule is CC(C)(C)NCC(CC1CCCCC1)c1ccccc1. The molecule has 0 saturated heterocycles. The van der Waals surface area contributed by atoms with Crippen molar-refractivity contribution in [2.45, 2.75) is 70.8 Å². The van der Waals surface area contributed by atoms with Gasteiger partial charge in [-0.25, -0.2) is 0 Å². The van der Waals surface area contributed by atoms with Crippen molar-refractivity contribution in [3.05, 3.63) is 35.9 Å². The van der Waals surface area contributed by atoms with Crippen LogP contribution in [-0.4, -0.2) is 12.1 Å². The molecule has 0 radical (unpaired) electrons. The Labute approximate surface area is 125 Å². The Morgan fingerprint density at radius 2 is 1.70 bits per heavy atom. The topological polar surface area (TPSA) is 12.0 Å². The molecule has 1 unspecified atom stereocenters. The number of hydrogen-bond donors (Lipinski definition) is 1. The number of hydrogen-bond acceptors (Lipinski definition) is 1. The molecule has 2 rings (SSSR count). The van der Waals surface area contributed by atoms with E-state index in [1.807, 2.05) is 0 Å². The molecule has 0 aliphatic heterocycles. The summed E-state index contributed by atoms with van der Waals surface area (Å²) < 4.78 is 0. The molecule has 20 heavy (non-hydrogen) atoms. The Morgan fingerprint density at radius 3 is 2.30 bits per heavy atom. The van der Waals surface area contributed by atoms with Gasteiger partial charge in [0, 0.05) is 12.1 Å². The lowest BCUT2D eigenvalue weighted by Gasteiger charge is -2.30. The maximum Gasteiger partial charge on any atom is 0.00967 e. The van der Waals surface area contributed by atoms with E-state index in [0.717, 1.165) is 12.5 Å². The zero-order valence-corrected chi connectivity index (χ0v) is 13.5. The van der Waals surface area contributed by atoms with Crippen LogP contribution in [0, 0.1) is 5.92 Å². The summed E-state index contributed by atoms with van der Waals surface area (Å²) in [7, 11) is 0. The fourth-order valence-corrected chi connectivity index (χ4v) is 3.32. The molecule has 0 amide bonds. The molecule has 1 aliphatic rings. The summed E-state index contributed by atoms with van der Waals surface area (Å²) in [4.78, 5) is 0. The fraction of sp³-hybridized carbons (Fsp3) is 0.684. The molecule has 0 spiro atoms. The van der Waals surface area contributed by atoms with Gasteiger partial charge >= 0.3 is 0 Å². The molecule has 0 bridgehead atoms. The minimum Gasteiger partial charge on any atom is -0.311 e. The van der Waals surface area contributed by atoms with Gasteiger partial charge in [0.25, 0.3) is 0 Å². The van der Waals surface area contributed by atoms with Crippen molar-refractivity contribution in [3.8, 4) is 0 Å². The second kappa shape index (κ2) is 7.26. The van der Waals surface area contributed by atoms with E-state index in [4.69, 9.17) is 0 Å².